The molecule has 0 N–H and O–H groups in total. The van der Waals surface area contributed by atoms with Crippen LogP contribution in [0.25, 0.3) is 0 Å². The van der Waals surface area contributed by atoms with E-state index in [0.29, 0.717) is 19.3 Å². The average Bonchev–Trinajstić information content (AvgIpc) is 3.23. The molecule has 0 radical (unpaired) electrons. The molecule has 0 aliphatic carbocycles. The number of ether oxygens (including phenoxy) is 3. The molecule has 6 heteroatoms. The summed E-state index contributed by atoms with van der Waals surface area (Å²) in [5.74, 6) is 0.815. The molecule has 0 spiro atoms. The van der Waals surface area contributed by atoms with E-state index >= 15 is 0 Å². The van der Waals surface area contributed by atoms with Crippen molar-refractivity contribution in [2.75, 3.05) is 13.2 Å². The van der Waals surface area contributed by atoms with Crippen LogP contribution in [0.2, 0.25) is 0 Å². The Labute approximate surface area is 380 Å². The summed E-state index contributed by atoms with van der Waals surface area (Å²) in [6.07, 6.45) is 49.4. The smallest absolute Gasteiger partial charge is 0.306 e. The zero-order valence-electron chi connectivity index (χ0n) is 41.8. The Morgan fingerprint density at radius 2 is 0.541 bits per heavy atom. The molecule has 0 aromatic carbocycles. The first kappa shape index (κ1) is 59.4. The lowest BCUT2D eigenvalue weighted by Crippen LogP contribution is -2.30. The van der Waals surface area contributed by atoms with Crippen LogP contribution in [-0.2, 0) is 28.6 Å². The minimum Gasteiger partial charge on any atom is -0.462 e. The Morgan fingerprint density at radius 1 is 0.311 bits per heavy atom. The predicted octanol–water partition coefficient (Wildman–Crippen LogP) is 17.7. The molecule has 1 atom stereocenters. The van der Waals surface area contributed by atoms with Gasteiger partial charge in [-0.25, -0.2) is 0 Å². The van der Waals surface area contributed by atoms with Crippen molar-refractivity contribution in [2.24, 2.45) is 11.8 Å². The summed E-state index contributed by atoms with van der Waals surface area (Å²) in [6.45, 7) is 11.4. The molecule has 0 rings (SSSR count). The number of hydrogen-bond acceptors (Lipinski definition) is 6. The molecule has 0 unspecified atom stereocenters. The first-order chi connectivity index (χ1) is 29.7. The summed E-state index contributed by atoms with van der Waals surface area (Å²) in [5.41, 5.74) is 0. The van der Waals surface area contributed by atoms with Gasteiger partial charge in [-0.05, 0) is 31.1 Å². The molecule has 362 valence electrons. The summed E-state index contributed by atoms with van der Waals surface area (Å²) in [5, 5.41) is 0. The van der Waals surface area contributed by atoms with E-state index in [1.165, 1.54) is 193 Å². The Balaban J connectivity index is 4.31. The van der Waals surface area contributed by atoms with Crippen molar-refractivity contribution in [3.63, 3.8) is 0 Å². The highest BCUT2D eigenvalue weighted by atomic mass is 16.6. The normalized spacial score (nSPS) is 12.0. The maximum absolute atomic E-state index is 12.8. The van der Waals surface area contributed by atoms with E-state index in [0.717, 1.165) is 69.6 Å². The van der Waals surface area contributed by atoms with Crippen LogP contribution in [0.1, 0.15) is 304 Å². The lowest BCUT2D eigenvalue weighted by molar-refractivity contribution is -0.167. The number of hydrogen-bond donors (Lipinski definition) is 0. The number of carbonyl (C=O) groups is 3. The van der Waals surface area contributed by atoms with Gasteiger partial charge in [0.15, 0.2) is 6.10 Å². The van der Waals surface area contributed by atoms with E-state index in [-0.39, 0.29) is 31.1 Å². The number of carbonyl (C=O) groups excluding carboxylic acids is 3. The molecule has 0 heterocycles. The zero-order chi connectivity index (χ0) is 44.7. The first-order valence-electron chi connectivity index (χ1n) is 27.2. The van der Waals surface area contributed by atoms with Crippen LogP contribution in [0, 0.1) is 11.8 Å². The van der Waals surface area contributed by atoms with Gasteiger partial charge in [0.05, 0.1) is 0 Å². The molecule has 6 nitrogen and oxygen atoms in total. The van der Waals surface area contributed by atoms with E-state index < -0.39 is 6.10 Å². The van der Waals surface area contributed by atoms with Gasteiger partial charge in [-0.2, -0.15) is 0 Å². The van der Waals surface area contributed by atoms with Crippen molar-refractivity contribution in [1.29, 1.82) is 0 Å². The standard InChI is InChI=1S/C55H106O6/c1-6-7-8-9-10-11-12-13-14-20-25-30-35-40-45-53(56)59-48-52(61-55(58)47-42-37-32-27-22-17-19-24-29-34-39-44-51(4)5)49-60-54(57)46-41-36-31-26-21-16-15-18-23-28-33-38-43-50(2)3/h50-52H,6-49H2,1-5H3/t52-/m0/s1. The molecule has 0 aromatic rings. The van der Waals surface area contributed by atoms with Gasteiger partial charge < -0.3 is 14.2 Å². The van der Waals surface area contributed by atoms with Crippen molar-refractivity contribution < 1.29 is 28.6 Å². The van der Waals surface area contributed by atoms with Crippen molar-refractivity contribution in [3.8, 4) is 0 Å². The third kappa shape index (κ3) is 49.3. The molecular weight excluding hydrogens is 757 g/mol. The Kier molecular flexibility index (Phi) is 46.6. The van der Waals surface area contributed by atoms with Crippen LogP contribution in [0.5, 0.6) is 0 Å². The third-order valence-corrected chi connectivity index (χ3v) is 12.5. The SMILES string of the molecule is CCCCCCCCCCCCCCCCC(=O)OC[C@@H](COC(=O)CCCCCCCCCCCCCCC(C)C)OC(=O)CCCCCCCCCCCCCC(C)C. The average molecular weight is 863 g/mol. The fourth-order valence-electron chi connectivity index (χ4n) is 8.34. The van der Waals surface area contributed by atoms with Gasteiger partial charge in [-0.3, -0.25) is 14.4 Å². The highest BCUT2D eigenvalue weighted by Crippen LogP contribution is 2.18. The topological polar surface area (TPSA) is 78.9 Å². The second-order valence-corrected chi connectivity index (χ2v) is 19.8. The lowest BCUT2D eigenvalue weighted by atomic mass is 10.0. The molecule has 0 aliphatic rings. The van der Waals surface area contributed by atoms with E-state index in [2.05, 4.69) is 34.6 Å². The summed E-state index contributed by atoms with van der Waals surface area (Å²) >= 11 is 0. The molecule has 0 amide bonds. The van der Waals surface area contributed by atoms with Gasteiger partial charge in [-0.15, -0.1) is 0 Å². The fourth-order valence-corrected chi connectivity index (χ4v) is 8.34. The predicted molar refractivity (Wildman–Crippen MR) is 261 cm³/mol. The van der Waals surface area contributed by atoms with E-state index in [4.69, 9.17) is 14.2 Å². The molecule has 0 saturated carbocycles. The van der Waals surface area contributed by atoms with E-state index in [9.17, 15) is 14.4 Å². The molecule has 61 heavy (non-hydrogen) atoms. The highest BCUT2D eigenvalue weighted by molar-refractivity contribution is 5.71. The van der Waals surface area contributed by atoms with Crippen molar-refractivity contribution in [2.45, 2.75) is 310 Å². The van der Waals surface area contributed by atoms with Crippen LogP contribution < -0.4 is 0 Å². The van der Waals surface area contributed by atoms with Crippen molar-refractivity contribution >= 4 is 17.9 Å². The van der Waals surface area contributed by atoms with Gasteiger partial charge in [0.25, 0.3) is 0 Å². The number of rotatable bonds is 49. The van der Waals surface area contributed by atoms with Crippen LogP contribution >= 0.6 is 0 Å². The van der Waals surface area contributed by atoms with Crippen LogP contribution in [0.3, 0.4) is 0 Å². The van der Waals surface area contributed by atoms with Crippen LogP contribution in [0.4, 0.5) is 0 Å². The van der Waals surface area contributed by atoms with E-state index in [1.807, 2.05) is 0 Å². The molecule has 0 saturated heterocycles. The van der Waals surface area contributed by atoms with Gasteiger partial charge in [0.2, 0.25) is 0 Å². The first-order valence-corrected chi connectivity index (χ1v) is 27.2. The monoisotopic (exact) mass is 863 g/mol. The van der Waals surface area contributed by atoms with Crippen molar-refractivity contribution in [3.05, 3.63) is 0 Å². The van der Waals surface area contributed by atoms with Crippen molar-refractivity contribution in [1.82, 2.24) is 0 Å². The minimum atomic E-state index is -0.762. The quantitative estimate of drug-likeness (QED) is 0.0344. The summed E-state index contributed by atoms with van der Waals surface area (Å²) in [7, 11) is 0. The summed E-state index contributed by atoms with van der Waals surface area (Å²) in [4.78, 5) is 38.0. The number of esters is 3. The Hall–Kier alpha value is -1.59. The van der Waals surface area contributed by atoms with Gasteiger partial charge >= 0.3 is 17.9 Å². The zero-order valence-corrected chi connectivity index (χ0v) is 41.8. The minimum absolute atomic E-state index is 0.0632. The molecule has 0 bridgehead atoms. The maximum Gasteiger partial charge on any atom is 0.306 e. The fraction of sp³-hybridized carbons (Fsp3) is 0.945. The lowest BCUT2D eigenvalue weighted by Gasteiger charge is -2.18. The van der Waals surface area contributed by atoms with Crippen LogP contribution in [-0.4, -0.2) is 37.2 Å². The van der Waals surface area contributed by atoms with Gasteiger partial charge in [0, 0.05) is 19.3 Å². The largest absolute Gasteiger partial charge is 0.462 e. The molecule has 0 aromatic heterocycles. The van der Waals surface area contributed by atoms with Gasteiger partial charge in [-0.1, -0.05) is 266 Å². The van der Waals surface area contributed by atoms with Gasteiger partial charge in [0.1, 0.15) is 13.2 Å². The van der Waals surface area contributed by atoms with Crippen LogP contribution in [0.15, 0.2) is 0 Å². The highest BCUT2D eigenvalue weighted by Gasteiger charge is 2.19. The summed E-state index contributed by atoms with van der Waals surface area (Å²) < 4.78 is 16.8. The summed E-state index contributed by atoms with van der Waals surface area (Å²) in [6, 6.07) is 0. The molecule has 0 aliphatic heterocycles. The Bertz CT molecular complexity index is 931. The van der Waals surface area contributed by atoms with E-state index in [1.54, 1.807) is 0 Å². The molecule has 0 fully saturated rings. The second-order valence-electron chi connectivity index (χ2n) is 19.8. The molecular formula is C55H106O6. The number of unbranched alkanes of at least 4 members (excludes halogenated alkanes) is 34. The second kappa shape index (κ2) is 47.9. The third-order valence-electron chi connectivity index (χ3n) is 12.5. The Morgan fingerprint density at radius 3 is 0.803 bits per heavy atom. The maximum atomic E-state index is 12.8.